The second kappa shape index (κ2) is 10.3. The van der Waals surface area contributed by atoms with Gasteiger partial charge in [0, 0.05) is 10.9 Å². The second-order valence-electron chi connectivity index (χ2n) is 7.66. The Morgan fingerprint density at radius 1 is 0.853 bits per heavy atom. The number of benzene rings is 4. The van der Waals surface area contributed by atoms with Gasteiger partial charge in [-0.1, -0.05) is 60.4 Å². The lowest BCUT2D eigenvalue weighted by molar-refractivity contribution is -0.0521. The highest BCUT2D eigenvalue weighted by molar-refractivity contribution is 5.89. The molecule has 34 heavy (non-hydrogen) atoms. The van der Waals surface area contributed by atoms with Crippen molar-refractivity contribution in [3.63, 3.8) is 0 Å². The van der Waals surface area contributed by atoms with Gasteiger partial charge >= 0.3 is 6.61 Å². The van der Waals surface area contributed by atoms with Crippen molar-refractivity contribution in [2.75, 3.05) is 0 Å². The summed E-state index contributed by atoms with van der Waals surface area (Å²) in [5.41, 5.74) is 3.61. The molecule has 0 atom stereocenters. The first-order chi connectivity index (χ1) is 16.4. The number of rotatable bonds is 6. The Labute approximate surface area is 195 Å². The Hall–Kier alpha value is -4.04. The SMILES string of the molecule is C=CCCc1ccc(-c2ccc3c(F)c(C#Cc4ccc(OC(F)F)c(F)c4)ccc3c2)cc1. The third kappa shape index (κ3) is 5.29. The predicted molar refractivity (Wildman–Crippen MR) is 127 cm³/mol. The van der Waals surface area contributed by atoms with E-state index >= 15 is 4.39 Å². The van der Waals surface area contributed by atoms with E-state index in [4.69, 9.17) is 0 Å². The van der Waals surface area contributed by atoms with Gasteiger partial charge in [0.05, 0.1) is 5.56 Å². The Balaban J connectivity index is 1.58. The van der Waals surface area contributed by atoms with Gasteiger partial charge in [-0.25, -0.2) is 8.78 Å². The molecule has 4 rings (SSSR count). The van der Waals surface area contributed by atoms with Gasteiger partial charge in [-0.15, -0.1) is 6.58 Å². The molecule has 0 aliphatic rings. The van der Waals surface area contributed by atoms with Crippen LogP contribution in [-0.2, 0) is 6.42 Å². The molecule has 0 aliphatic carbocycles. The van der Waals surface area contributed by atoms with Gasteiger partial charge in [0.2, 0.25) is 0 Å². The summed E-state index contributed by atoms with van der Waals surface area (Å²) in [6.45, 7) is 0.619. The van der Waals surface area contributed by atoms with Gasteiger partial charge < -0.3 is 4.74 Å². The van der Waals surface area contributed by atoms with Crippen LogP contribution >= 0.6 is 0 Å². The minimum Gasteiger partial charge on any atom is -0.432 e. The fraction of sp³-hybridized carbons (Fsp3) is 0.103. The molecule has 4 aromatic rings. The molecule has 5 heteroatoms. The van der Waals surface area contributed by atoms with Crippen molar-refractivity contribution < 1.29 is 22.3 Å². The highest BCUT2D eigenvalue weighted by Gasteiger charge is 2.10. The largest absolute Gasteiger partial charge is 0.432 e. The molecule has 0 heterocycles. The Kier molecular flexibility index (Phi) is 6.98. The average molecular weight is 460 g/mol. The topological polar surface area (TPSA) is 9.23 Å². The van der Waals surface area contributed by atoms with E-state index in [9.17, 15) is 13.2 Å². The summed E-state index contributed by atoms with van der Waals surface area (Å²) in [5, 5.41) is 1.15. The van der Waals surface area contributed by atoms with Crippen LogP contribution in [0.5, 0.6) is 5.75 Å². The Morgan fingerprint density at radius 3 is 2.32 bits per heavy atom. The molecular formula is C29H20F4O. The van der Waals surface area contributed by atoms with E-state index < -0.39 is 24.0 Å². The van der Waals surface area contributed by atoms with Crippen molar-refractivity contribution in [2.24, 2.45) is 0 Å². The first-order valence-electron chi connectivity index (χ1n) is 10.6. The maximum atomic E-state index is 15.1. The van der Waals surface area contributed by atoms with Gasteiger partial charge in [0.1, 0.15) is 5.82 Å². The summed E-state index contributed by atoms with van der Waals surface area (Å²) < 4.78 is 57.5. The van der Waals surface area contributed by atoms with Crippen molar-refractivity contribution in [3.05, 3.63) is 114 Å². The molecule has 0 fully saturated rings. The number of aryl methyl sites for hydroxylation is 1. The predicted octanol–water partition coefficient (Wildman–Crippen LogP) is 7.90. The van der Waals surface area contributed by atoms with Gasteiger partial charge in [-0.3, -0.25) is 0 Å². The molecule has 170 valence electrons. The Morgan fingerprint density at radius 2 is 1.62 bits per heavy atom. The van der Waals surface area contributed by atoms with Crippen LogP contribution < -0.4 is 4.74 Å². The van der Waals surface area contributed by atoms with E-state index in [1.54, 1.807) is 18.2 Å². The summed E-state index contributed by atoms with van der Waals surface area (Å²) in [6.07, 6.45) is 3.76. The number of allylic oxidation sites excluding steroid dienone is 1. The molecule has 0 aliphatic heterocycles. The number of halogens is 4. The molecule has 0 spiro atoms. The smallest absolute Gasteiger partial charge is 0.387 e. The lowest BCUT2D eigenvalue weighted by Gasteiger charge is -2.07. The van der Waals surface area contributed by atoms with Crippen LogP contribution in [0, 0.1) is 23.5 Å². The molecule has 0 unspecified atom stereocenters. The standard InChI is InChI=1S/C29H20F4O/c1-2-3-4-19-5-9-21(10-6-19)23-14-15-25-24(18-23)13-12-22(28(25)31)11-7-20-8-16-27(26(30)17-20)34-29(32)33/h2,5-6,8-10,12-18,29H,1,3-4H2. The minimum atomic E-state index is -3.12. The number of hydrogen-bond acceptors (Lipinski definition) is 1. The third-order valence-corrected chi connectivity index (χ3v) is 5.37. The van der Waals surface area contributed by atoms with Gasteiger partial charge in [-0.2, -0.15) is 8.78 Å². The molecule has 0 bridgehead atoms. The van der Waals surface area contributed by atoms with Crippen molar-refractivity contribution in [1.29, 1.82) is 0 Å². The van der Waals surface area contributed by atoms with Crippen molar-refractivity contribution in [2.45, 2.75) is 19.5 Å². The molecule has 0 aromatic heterocycles. The maximum absolute atomic E-state index is 15.1. The fourth-order valence-corrected chi connectivity index (χ4v) is 3.61. The molecule has 0 saturated heterocycles. The molecule has 4 aromatic carbocycles. The molecular weight excluding hydrogens is 440 g/mol. The zero-order chi connectivity index (χ0) is 24.1. The zero-order valence-electron chi connectivity index (χ0n) is 18.1. The quantitative estimate of drug-likeness (QED) is 0.161. The van der Waals surface area contributed by atoms with Gasteiger partial charge in [-0.05, 0) is 65.3 Å². The van der Waals surface area contributed by atoms with Crippen molar-refractivity contribution in [1.82, 2.24) is 0 Å². The normalized spacial score (nSPS) is 10.7. The highest BCUT2D eigenvalue weighted by atomic mass is 19.3. The first-order valence-corrected chi connectivity index (χ1v) is 10.6. The fourth-order valence-electron chi connectivity index (χ4n) is 3.61. The molecule has 0 saturated carbocycles. The summed E-state index contributed by atoms with van der Waals surface area (Å²) in [6, 6.07) is 20.5. The van der Waals surface area contributed by atoms with Crippen LogP contribution in [0.2, 0.25) is 0 Å². The number of alkyl halides is 2. The third-order valence-electron chi connectivity index (χ3n) is 5.37. The van der Waals surface area contributed by atoms with E-state index in [-0.39, 0.29) is 11.1 Å². The minimum absolute atomic E-state index is 0.153. The van der Waals surface area contributed by atoms with E-state index in [2.05, 4.69) is 35.3 Å². The van der Waals surface area contributed by atoms with Crippen LogP contribution in [0.3, 0.4) is 0 Å². The van der Waals surface area contributed by atoms with E-state index in [0.29, 0.717) is 5.39 Å². The molecule has 0 radical (unpaired) electrons. The van der Waals surface area contributed by atoms with Crippen LogP contribution in [0.4, 0.5) is 17.6 Å². The average Bonchev–Trinajstić information content (AvgIpc) is 2.84. The van der Waals surface area contributed by atoms with Crippen LogP contribution in [-0.4, -0.2) is 6.61 Å². The summed E-state index contributed by atoms with van der Waals surface area (Å²) >= 11 is 0. The number of hydrogen-bond donors (Lipinski definition) is 0. The summed E-state index contributed by atoms with van der Waals surface area (Å²) in [5.74, 6) is 3.34. The van der Waals surface area contributed by atoms with E-state index in [1.165, 1.54) is 11.6 Å². The summed E-state index contributed by atoms with van der Waals surface area (Å²) in [7, 11) is 0. The first kappa shape index (κ1) is 23.1. The number of ether oxygens (including phenoxy) is 1. The lowest BCUT2D eigenvalue weighted by atomic mass is 9.98. The van der Waals surface area contributed by atoms with Gasteiger partial charge in [0.15, 0.2) is 11.6 Å². The van der Waals surface area contributed by atoms with E-state index in [0.717, 1.165) is 41.5 Å². The molecule has 0 amide bonds. The monoisotopic (exact) mass is 460 g/mol. The Bertz CT molecular complexity index is 1400. The second-order valence-corrected chi connectivity index (χ2v) is 7.66. The molecule has 0 N–H and O–H groups in total. The highest BCUT2D eigenvalue weighted by Crippen LogP contribution is 2.28. The number of fused-ring (bicyclic) bond motifs is 1. The maximum Gasteiger partial charge on any atom is 0.387 e. The van der Waals surface area contributed by atoms with Crippen molar-refractivity contribution >= 4 is 10.8 Å². The summed E-state index contributed by atoms with van der Waals surface area (Å²) in [4.78, 5) is 0. The molecule has 1 nitrogen and oxygen atoms in total. The lowest BCUT2D eigenvalue weighted by Crippen LogP contribution is -2.03. The zero-order valence-corrected chi connectivity index (χ0v) is 18.1. The van der Waals surface area contributed by atoms with Crippen LogP contribution in [0.15, 0.2) is 85.5 Å². The van der Waals surface area contributed by atoms with Crippen LogP contribution in [0.25, 0.3) is 21.9 Å². The van der Waals surface area contributed by atoms with E-state index in [1.807, 2.05) is 30.3 Å². The van der Waals surface area contributed by atoms with Crippen molar-refractivity contribution in [3.8, 4) is 28.7 Å². The van der Waals surface area contributed by atoms with Crippen LogP contribution in [0.1, 0.15) is 23.1 Å². The van der Waals surface area contributed by atoms with Gasteiger partial charge in [0.25, 0.3) is 0 Å².